The molecule has 6 heteroatoms. The van der Waals surface area contributed by atoms with Crippen molar-refractivity contribution in [2.24, 2.45) is 5.73 Å². The van der Waals surface area contributed by atoms with Crippen molar-refractivity contribution in [2.75, 3.05) is 18.6 Å². The second kappa shape index (κ2) is 8.19. The molecule has 1 amide bonds. The molecule has 0 aromatic carbocycles. The lowest BCUT2D eigenvalue weighted by Gasteiger charge is -2.23. The van der Waals surface area contributed by atoms with Crippen molar-refractivity contribution in [2.45, 2.75) is 25.9 Å². The molecule has 0 saturated carbocycles. The summed E-state index contributed by atoms with van der Waals surface area (Å²) >= 11 is 6.81. The monoisotopic (exact) mass is 350 g/mol. The molecule has 3 nitrogen and oxygen atoms in total. The Bertz CT molecular complexity index is 384. The van der Waals surface area contributed by atoms with Crippen LogP contribution < -0.4 is 5.73 Å². The van der Waals surface area contributed by atoms with Crippen LogP contribution >= 0.6 is 39.0 Å². The summed E-state index contributed by atoms with van der Waals surface area (Å²) in [6.45, 7) is 3.34. The van der Waals surface area contributed by atoms with Crippen molar-refractivity contribution in [3.63, 3.8) is 0 Å². The molecule has 1 aromatic rings. The molecule has 0 bridgehead atoms. The maximum Gasteiger partial charge on any atom is 0.239 e. The molecule has 0 spiro atoms. The van der Waals surface area contributed by atoms with E-state index in [4.69, 9.17) is 5.73 Å². The number of thiophene rings is 1. The first-order chi connectivity index (χ1) is 8.58. The van der Waals surface area contributed by atoms with Crippen molar-refractivity contribution in [3.8, 4) is 0 Å². The fourth-order valence-electron chi connectivity index (χ4n) is 1.57. The van der Waals surface area contributed by atoms with Crippen LogP contribution in [0.25, 0.3) is 0 Å². The number of halogens is 1. The molecule has 102 valence electrons. The zero-order chi connectivity index (χ0) is 13.5. The summed E-state index contributed by atoms with van der Waals surface area (Å²) in [6, 6.07) is 3.67. The first-order valence-corrected chi connectivity index (χ1v) is 8.86. The van der Waals surface area contributed by atoms with Gasteiger partial charge in [-0.15, -0.1) is 11.3 Å². The normalized spacial score (nSPS) is 12.4. The highest BCUT2D eigenvalue weighted by Gasteiger charge is 2.19. The van der Waals surface area contributed by atoms with E-state index in [1.54, 1.807) is 23.1 Å². The Hall–Kier alpha value is -0.0400. The fraction of sp³-hybridized carbons (Fsp3) is 0.583. The predicted octanol–water partition coefficient (Wildman–Crippen LogP) is 2.94. The summed E-state index contributed by atoms with van der Waals surface area (Å²) in [5.41, 5.74) is 5.93. The molecular formula is C12H19BrN2OS2. The van der Waals surface area contributed by atoms with Crippen molar-refractivity contribution in [1.82, 2.24) is 4.90 Å². The van der Waals surface area contributed by atoms with Gasteiger partial charge in [0, 0.05) is 11.4 Å². The summed E-state index contributed by atoms with van der Waals surface area (Å²) in [5, 5.41) is 0. The third-order valence-electron chi connectivity index (χ3n) is 2.62. The van der Waals surface area contributed by atoms with Gasteiger partial charge in [0.15, 0.2) is 0 Å². The van der Waals surface area contributed by atoms with Gasteiger partial charge in [-0.1, -0.05) is 0 Å². The molecule has 0 aliphatic heterocycles. The third-order valence-corrected chi connectivity index (χ3v) is 4.87. The number of amides is 1. The molecule has 0 aliphatic rings. The summed E-state index contributed by atoms with van der Waals surface area (Å²) < 4.78 is 1.09. The molecule has 1 atom stereocenters. The summed E-state index contributed by atoms with van der Waals surface area (Å²) in [6.07, 6.45) is 2.77. The highest BCUT2D eigenvalue weighted by atomic mass is 79.9. The first-order valence-electron chi connectivity index (χ1n) is 5.86. The molecule has 0 fully saturated rings. The SMILES string of the molecule is CCN(Cc1ccc(Br)s1)C(=O)[C@H](N)CCSC. The fourth-order valence-corrected chi connectivity index (χ4v) is 3.56. The van der Waals surface area contributed by atoms with Crippen molar-refractivity contribution >= 4 is 44.9 Å². The van der Waals surface area contributed by atoms with E-state index in [-0.39, 0.29) is 11.9 Å². The Labute approximate surface area is 125 Å². The van der Waals surface area contributed by atoms with Gasteiger partial charge < -0.3 is 10.6 Å². The zero-order valence-corrected chi connectivity index (χ0v) is 13.9. The number of hydrogen-bond acceptors (Lipinski definition) is 4. The topological polar surface area (TPSA) is 46.3 Å². The Morgan fingerprint density at radius 3 is 2.83 bits per heavy atom. The Morgan fingerprint density at radius 1 is 1.61 bits per heavy atom. The van der Waals surface area contributed by atoms with Crippen LogP contribution in [0.1, 0.15) is 18.2 Å². The number of hydrogen-bond donors (Lipinski definition) is 1. The number of likely N-dealkylation sites (N-methyl/N-ethyl adjacent to an activating group) is 1. The van der Waals surface area contributed by atoms with Crippen LogP contribution in [0.2, 0.25) is 0 Å². The van der Waals surface area contributed by atoms with Crippen molar-refractivity contribution < 1.29 is 4.79 Å². The van der Waals surface area contributed by atoms with Gasteiger partial charge in [0.25, 0.3) is 0 Å². The van der Waals surface area contributed by atoms with Crippen molar-refractivity contribution in [1.29, 1.82) is 0 Å². The molecule has 1 heterocycles. The van der Waals surface area contributed by atoms with Gasteiger partial charge in [-0.05, 0) is 53.4 Å². The Balaban J connectivity index is 2.57. The van der Waals surface area contributed by atoms with Crippen LogP contribution in [0, 0.1) is 0 Å². The minimum Gasteiger partial charge on any atom is -0.336 e. The van der Waals surface area contributed by atoms with Crippen LogP contribution in [-0.4, -0.2) is 35.4 Å². The van der Waals surface area contributed by atoms with Gasteiger partial charge in [-0.3, -0.25) is 4.79 Å². The maximum atomic E-state index is 12.2. The van der Waals surface area contributed by atoms with E-state index < -0.39 is 0 Å². The number of nitrogens with zero attached hydrogens (tertiary/aromatic N) is 1. The average molecular weight is 351 g/mol. The van der Waals surface area contributed by atoms with Gasteiger partial charge in [-0.2, -0.15) is 11.8 Å². The summed E-state index contributed by atoms with van der Waals surface area (Å²) in [5.74, 6) is 0.978. The smallest absolute Gasteiger partial charge is 0.239 e. The minimum atomic E-state index is -0.374. The van der Waals surface area contributed by atoms with Gasteiger partial charge in [0.05, 0.1) is 16.4 Å². The predicted molar refractivity (Wildman–Crippen MR) is 84.1 cm³/mol. The molecule has 1 rings (SSSR count). The highest BCUT2D eigenvalue weighted by molar-refractivity contribution is 9.11. The lowest BCUT2D eigenvalue weighted by molar-refractivity contribution is -0.133. The lowest BCUT2D eigenvalue weighted by atomic mass is 10.2. The van der Waals surface area contributed by atoms with Crippen LogP contribution in [0.5, 0.6) is 0 Å². The van der Waals surface area contributed by atoms with Crippen LogP contribution in [0.3, 0.4) is 0 Å². The van der Waals surface area contributed by atoms with Gasteiger partial charge in [0.2, 0.25) is 5.91 Å². The first kappa shape index (κ1) is 16.0. The standard InChI is InChI=1S/C12H19BrN2OS2/c1-3-15(8-9-4-5-11(13)18-9)12(16)10(14)6-7-17-2/h4-5,10H,3,6-8,14H2,1-2H3/t10-/m1/s1. The van der Waals surface area contributed by atoms with Gasteiger partial charge >= 0.3 is 0 Å². The number of nitrogens with two attached hydrogens (primary N) is 1. The van der Waals surface area contributed by atoms with Crippen LogP contribution in [0.15, 0.2) is 15.9 Å². The van der Waals surface area contributed by atoms with Crippen LogP contribution in [-0.2, 0) is 11.3 Å². The average Bonchev–Trinajstić information content (AvgIpc) is 2.77. The summed E-state index contributed by atoms with van der Waals surface area (Å²) in [4.78, 5) is 15.2. The Morgan fingerprint density at radius 2 is 2.33 bits per heavy atom. The maximum absolute atomic E-state index is 12.2. The van der Waals surface area contributed by atoms with E-state index in [0.29, 0.717) is 13.1 Å². The molecule has 1 aromatic heterocycles. The van der Waals surface area contributed by atoms with E-state index >= 15 is 0 Å². The largest absolute Gasteiger partial charge is 0.336 e. The summed E-state index contributed by atoms with van der Waals surface area (Å²) in [7, 11) is 0. The number of thioether (sulfide) groups is 1. The highest BCUT2D eigenvalue weighted by Crippen LogP contribution is 2.23. The Kier molecular flexibility index (Phi) is 7.29. The van der Waals surface area contributed by atoms with Crippen LogP contribution in [0.4, 0.5) is 0 Å². The number of carbonyl (C=O) groups is 1. The molecule has 0 radical (unpaired) electrons. The lowest BCUT2D eigenvalue weighted by Crippen LogP contribution is -2.43. The van der Waals surface area contributed by atoms with E-state index in [9.17, 15) is 4.79 Å². The molecule has 0 saturated heterocycles. The molecular weight excluding hydrogens is 332 g/mol. The molecule has 0 aliphatic carbocycles. The second-order valence-electron chi connectivity index (χ2n) is 3.95. The quantitative estimate of drug-likeness (QED) is 0.822. The van der Waals surface area contributed by atoms with E-state index in [2.05, 4.69) is 15.9 Å². The van der Waals surface area contributed by atoms with E-state index in [1.807, 2.05) is 30.2 Å². The zero-order valence-electron chi connectivity index (χ0n) is 10.7. The minimum absolute atomic E-state index is 0.0519. The van der Waals surface area contributed by atoms with Gasteiger partial charge in [0.1, 0.15) is 0 Å². The number of carbonyl (C=O) groups excluding carboxylic acids is 1. The van der Waals surface area contributed by atoms with E-state index in [0.717, 1.165) is 16.0 Å². The van der Waals surface area contributed by atoms with Crippen molar-refractivity contribution in [3.05, 3.63) is 20.8 Å². The van der Waals surface area contributed by atoms with Gasteiger partial charge in [-0.25, -0.2) is 0 Å². The molecule has 0 unspecified atom stereocenters. The van der Waals surface area contributed by atoms with E-state index in [1.165, 1.54) is 4.88 Å². The molecule has 2 N–H and O–H groups in total. The number of rotatable bonds is 7. The second-order valence-corrected chi connectivity index (χ2v) is 7.48. The third kappa shape index (κ3) is 4.91. The molecule has 18 heavy (non-hydrogen) atoms.